The van der Waals surface area contributed by atoms with Crippen molar-refractivity contribution in [2.75, 3.05) is 0 Å². The van der Waals surface area contributed by atoms with Crippen molar-refractivity contribution >= 4 is 15.2 Å². The molecule has 6 N–H and O–H groups in total. The first-order valence-electron chi connectivity index (χ1n) is 2.01. The summed E-state index contributed by atoms with van der Waals surface area (Å²) in [7, 11) is -9.73. The minimum Gasteiger partial charge on any atom is -0.323 e. The molecule has 0 rings (SSSR count). The van der Waals surface area contributed by atoms with E-state index >= 15 is 0 Å². The van der Waals surface area contributed by atoms with Gasteiger partial charge in [-0.25, -0.2) is 0 Å². The molecule has 11 heavy (non-hydrogen) atoms. The Kier molecular flexibility index (Phi) is 5.55. The summed E-state index contributed by atoms with van der Waals surface area (Å²) in [4.78, 5) is 32.5. The monoisotopic (exact) mass is 290 g/mol. The normalized spacial score (nSPS) is 12.9. The molecule has 0 atom stereocenters. The van der Waals surface area contributed by atoms with Crippen LogP contribution in [0, 0.1) is 0 Å². The van der Waals surface area contributed by atoms with Crippen molar-refractivity contribution in [3.05, 3.63) is 0 Å². The number of rotatable bonds is 2. The van der Waals surface area contributed by atoms with Crippen molar-refractivity contribution in [1.82, 2.24) is 0 Å². The zero-order valence-electron chi connectivity index (χ0n) is 5.03. The predicted octanol–water partition coefficient (Wildman–Crippen LogP) is -1.42. The van der Waals surface area contributed by atoms with Crippen LogP contribution in [0.1, 0.15) is 0 Å². The average Bonchev–Trinajstić information content (AvgIpc) is 1.59. The summed E-state index contributed by atoms with van der Waals surface area (Å²) in [6.45, 7) is 0. The van der Waals surface area contributed by atoms with Gasteiger partial charge in [0.2, 0.25) is 5.52 Å². The van der Waals surface area contributed by atoms with Gasteiger partial charge in [0.25, 0.3) is 0 Å². The van der Waals surface area contributed by atoms with E-state index in [1.165, 1.54) is 0 Å². The number of hydrogen-bond donors (Lipinski definition) is 5. The zero-order valence-corrected chi connectivity index (χ0v) is 8.68. The van der Waals surface area contributed by atoms with Gasteiger partial charge < -0.3 is 25.3 Å². The molecule has 0 fully saturated rings. The average molecular weight is 290 g/mol. The van der Waals surface area contributed by atoms with Gasteiger partial charge in [0, 0.05) is 20.1 Å². The first-order valence-corrected chi connectivity index (χ1v) is 5.38. The van der Waals surface area contributed by atoms with E-state index in [0.29, 0.717) is 0 Å². The topological polar surface area (TPSA) is 141 Å². The molecule has 0 bridgehead atoms. The minimum absolute atomic E-state index is 0. The summed E-state index contributed by atoms with van der Waals surface area (Å²) >= 11 is 0. The molecule has 0 aliphatic heterocycles. The van der Waals surface area contributed by atoms with Gasteiger partial charge in [-0.15, -0.1) is 0 Å². The third-order valence-electron chi connectivity index (χ3n) is 0.689. The smallest absolute Gasteiger partial charge is 0.323 e. The van der Waals surface area contributed by atoms with E-state index in [4.69, 9.17) is 19.6 Å². The Morgan fingerprint density at radius 3 is 1.18 bits per heavy atom. The first kappa shape index (κ1) is 14.4. The molecule has 0 aromatic heterocycles. The SMILES string of the molecule is NC(P(=O)(O)O)P(=O)(O)O.[99Tc]. The van der Waals surface area contributed by atoms with Gasteiger partial charge in [-0.1, -0.05) is 0 Å². The summed E-state index contributed by atoms with van der Waals surface area (Å²) in [6.07, 6.45) is 0. The van der Waals surface area contributed by atoms with Gasteiger partial charge in [0.15, 0.2) is 0 Å². The predicted molar refractivity (Wildman–Crippen MR) is 32.1 cm³/mol. The first-order chi connectivity index (χ1) is 4.15. The van der Waals surface area contributed by atoms with Gasteiger partial charge in [-0.05, 0) is 0 Å². The molecule has 69 valence electrons. The van der Waals surface area contributed by atoms with Crippen LogP contribution in [0.5, 0.6) is 0 Å². The van der Waals surface area contributed by atoms with Gasteiger partial charge in [-0.2, -0.15) is 0 Å². The van der Waals surface area contributed by atoms with Crippen LogP contribution >= 0.6 is 15.2 Å². The second-order valence-corrected chi connectivity index (χ2v) is 5.47. The second-order valence-electron chi connectivity index (χ2n) is 1.59. The summed E-state index contributed by atoms with van der Waals surface area (Å²) in [5.74, 6) is 0. The Morgan fingerprint density at radius 2 is 1.18 bits per heavy atom. The molecular weight excluding hydrogens is 283 g/mol. The Balaban J connectivity index is 0. The largest absolute Gasteiger partial charge is 0.354 e. The third kappa shape index (κ3) is 5.20. The third-order valence-corrected chi connectivity index (χ3v) is 3.87. The molecule has 0 unspecified atom stereocenters. The van der Waals surface area contributed by atoms with E-state index in [0.717, 1.165) is 0 Å². The Bertz CT molecular complexity index is 183. The van der Waals surface area contributed by atoms with Crippen molar-refractivity contribution in [3.63, 3.8) is 0 Å². The molecule has 0 aliphatic rings. The Labute approximate surface area is 75.7 Å². The summed E-state index contributed by atoms with van der Waals surface area (Å²) in [5.41, 5.74) is 2.10. The van der Waals surface area contributed by atoms with Gasteiger partial charge in [0.05, 0.1) is 0 Å². The van der Waals surface area contributed by atoms with Crippen molar-refractivity contribution in [3.8, 4) is 0 Å². The number of hydrogen-bond acceptors (Lipinski definition) is 3. The maximum absolute atomic E-state index is 10.1. The zero-order chi connectivity index (χ0) is 8.58. The van der Waals surface area contributed by atoms with Crippen molar-refractivity contribution in [2.45, 2.75) is 5.52 Å². The molecule has 1 radical (unpaired) electrons. The van der Waals surface area contributed by atoms with Crippen LogP contribution in [0.2, 0.25) is 0 Å². The molecule has 0 heterocycles. The summed E-state index contributed by atoms with van der Waals surface area (Å²) in [6, 6.07) is 0. The molecule has 0 aromatic rings. The van der Waals surface area contributed by atoms with Gasteiger partial charge in [-0.3, -0.25) is 9.13 Å². The van der Waals surface area contributed by atoms with Crippen LogP contribution in [0.25, 0.3) is 0 Å². The van der Waals surface area contributed by atoms with Crippen LogP contribution in [0.15, 0.2) is 0 Å². The fraction of sp³-hybridized carbons (Fsp3) is 1.00. The molecule has 0 spiro atoms. The number of nitrogens with two attached hydrogens (primary N) is 1. The Morgan fingerprint density at radius 1 is 1.00 bits per heavy atom. The van der Waals surface area contributed by atoms with Crippen molar-refractivity contribution in [2.24, 2.45) is 5.73 Å². The van der Waals surface area contributed by atoms with Crippen molar-refractivity contribution in [1.29, 1.82) is 0 Å². The van der Waals surface area contributed by atoms with E-state index in [2.05, 4.69) is 5.73 Å². The molecule has 0 amide bonds. The van der Waals surface area contributed by atoms with Crippen LogP contribution in [0.4, 0.5) is 0 Å². The fourth-order valence-electron chi connectivity index (χ4n) is 0.196. The van der Waals surface area contributed by atoms with Crippen LogP contribution in [-0.2, 0) is 29.2 Å². The summed E-state index contributed by atoms with van der Waals surface area (Å²) < 4.78 is 20.1. The fourth-order valence-corrected chi connectivity index (χ4v) is 1.76. The van der Waals surface area contributed by atoms with Crippen molar-refractivity contribution < 1.29 is 48.8 Å². The second kappa shape index (κ2) is 4.23. The molecule has 0 saturated heterocycles. The maximum atomic E-state index is 10.1. The van der Waals surface area contributed by atoms with Crippen LogP contribution < -0.4 is 5.73 Å². The Hall–Kier alpha value is 0.909. The van der Waals surface area contributed by atoms with Crippen LogP contribution in [-0.4, -0.2) is 25.1 Å². The van der Waals surface area contributed by atoms with E-state index in [1.54, 1.807) is 0 Å². The standard InChI is InChI=1S/CH7NO6P2.Tc/c2-1(9(3,4)5)10(6,7)8;/h1H,2H2,(H2,3,4,5)(H2,6,7,8);/i;1+1. The van der Waals surface area contributed by atoms with E-state index in [1.807, 2.05) is 0 Å². The molecule has 0 aliphatic carbocycles. The van der Waals surface area contributed by atoms with Gasteiger partial charge in [0.1, 0.15) is 0 Å². The van der Waals surface area contributed by atoms with Gasteiger partial charge >= 0.3 is 15.2 Å². The summed E-state index contributed by atoms with van der Waals surface area (Å²) in [5, 5.41) is 0. The molecule has 10 heteroatoms. The minimum atomic E-state index is -4.86. The maximum Gasteiger partial charge on any atom is 0.354 e. The molecule has 0 aromatic carbocycles. The van der Waals surface area contributed by atoms with Crippen LogP contribution in [0.3, 0.4) is 0 Å². The quantitative estimate of drug-likeness (QED) is 0.393. The molecule has 7 nitrogen and oxygen atoms in total. The van der Waals surface area contributed by atoms with E-state index in [9.17, 15) is 9.13 Å². The van der Waals surface area contributed by atoms with E-state index < -0.39 is 20.7 Å². The molecule has 0 saturated carbocycles. The molecular formula is CH7NO6P2Tc. The van der Waals surface area contributed by atoms with E-state index in [-0.39, 0.29) is 20.1 Å².